The molecule has 0 saturated heterocycles. The largest absolute Gasteiger partial charge is 0.327 e. The molecule has 18 heavy (non-hydrogen) atoms. The first-order valence-electron chi connectivity index (χ1n) is 6.07. The van der Waals surface area contributed by atoms with Crippen molar-refractivity contribution in [1.82, 2.24) is 4.98 Å². The van der Waals surface area contributed by atoms with E-state index < -0.39 is 0 Å². The minimum absolute atomic E-state index is 0.100. The molecule has 0 spiro atoms. The zero-order valence-electron chi connectivity index (χ0n) is 10.4. The first kappa shape index (κ1) is 13.1. The van der Waals surface area contributed by atoms with Crippen molar-refractivity contribution in [3.05, 3.63) is 64.9 Å². The van der Waals surface area contributed by atoms with Gasteiger partial charge in [-0.15, -0.1) is 0 Å². The van der Waals surface area contributed by atoms with Gasteiger partial charge in [-0.05, 0) is 48.7 Å². The van der Waals surface area contributed by atoms with Crippen LogP contribution in [0.4, 0.5) is 0 Å². The van der Waals surface area contributed by atoms with Crippen molar-refractivity contribution in [3.8, 4) is 0 Å². The van der Waals surface area contributed by atoms with Crippen LogP contribution in [0.2, 0.25) is 5.02 Å². The molecule has 2 nitrogen and oxygen atoms in total. The van der Waals surface area contributed by atoms with E-state index in [4.69, 9.17) is 17.3 Å². The molecule has 1 heterocycles. The Morgan fingerprint density at radius 1 is 1.11 bits per heavy atom. The molecule has 2 rings (SSSR count). The van der Waals surface area contributed by atoms with Gasteiger partial charge >= 0.3 is 0 Å². The van der Waals surface area contributed by atoms with Gasteiger partial charge in [0.2, 0.25) is 0 Å². The molecule has 3 heteroatoms. The third-order valence-corrected chi connectivity index (χ3v) is 3.39. The second-order valence-electron chi connectivity index (χ2n) is 4.58. The number of aromatic nitrogens is 1. The van der Waals surface area contributed by atoms with Crippen molar-refractivity contribution in [2.75, 3.05) is 0 Å². The van der Waals surface area contributed by atoms with Crippen molar-refractivity contribution in [2.24, 2.45) is 5.73 Å². The van der Waals surface area contributed by atoms with Crippen molar-refractivity contribution >= 4 is 11.6 Å². The van der Waals surface area contributed by atoms with Gasteiger partial charge in [-0.25, -0.2) is 0 Å². The third-order valence-electron chi connectivity index (χ3n) is 3.14. The van der Waals surface area contributed by atoms with Gasteiger partial charge in [-0.2, -0.15) is 0 Å². The van der Waals surface area contributed by atoms with Crippen molar-refractivity contribution in [2.45, 2.75) is 25.3 Å². The fourth-order valence-electron chi connectivity index (χ4n) is 2.09. The number of hydrogen-bond donors (Lipinski definition) is 1. The molecule has 1 aromatic heterocycles. The topological polar surface area (TPSA) is 38.9 Å². The standard InChI is InChI=1S/C15H17ClN2/c1-11(17)15(13-6-8-18-9-7-13)10-12-2-4-14(16)5-3-12/h2-9,11,15H,10,17H2,1H3. The van der Waals surface area contributed by atoms with Gasteiger partial charge in [0.05, 0.1) is 0 Å². The lowest BCUT2D eigenvalue weighted by Crippen LogP contribution is -2.26. The summed E-state index contributed by atoms with van der Waals surface area (Å²) in [5, 5.41) is 0.764. The lowest BCUT2D eigenvalue weighted by Gasteiger charge is -2.21. The first-order valence-corrected chi connectivity index (χ1v) is 6.44. The molecule has 94 valence electrons. The van der Waals surface area contributed by atoms with Crippen LogP contribution in [-0.2, 0) is 6.42 Å². The van der Waals surface area contributed by atoms with Gasteiger partial charge in [0.25, 0.3) is 0 Å². The Morgan fingerprint density at radius 2 is 1.72 bits per heavy atom. The molecule has 2 atom stereocenters. The number of halogens is 1. The van der Waals surface area contributed by atoms with E-state index in [9.17, 15) is 0 Å². The van der Waals surface area contributed by atoms with Crippen LogP contribution in [0.25, 0.3) is 0 Å². The Labute approximate surface area is 113 Å². The minimum atomic E-state index is 0.100. The number of pyridine rings is 1. The lowest BCUT2D eigenvalue weighted by atomic mass is 9.87. The molecule has 2 N–H and O–H groups in total. The summed E-state index contributed by atoms with van der Waals surface area (Å²) >= 11 is 5.89. The molecular weight excluding hydrogens is 244 g/mol. The van der Waals surface area contributed by atoms with Crippen molar-refractivity contribution in [1.29, 1.82) is 0 Å². The molecule has 0 saturated carbocycles. The number of rotatable bonds is 4. The molecule has 0 aliphatic carbocycles. The zero-order chi connectivity index (χ0) is 13.0. The van der Waals surface area contributed by atoms with Gasteiger partial charge in [0, 0.05) is 29.4 Å². The second kappa shape index (κ2) is 5.98. The molecule has 0 amide bonds. The zero-order valence-corrected chi connectivity index (χ0v) is 11.1. The van der Waals surface area contributed by atoms with E-state index in [1.54, 1.807) is 0 Å². The fourth-order valence-corrected chi connectivity index (χ4v) is 2.22. The summed E-state index contributed by atoms with van der Waals surface area (Å²) in [7, 11) is 0. The Bertz CT molecular complexity index is 480. The molecule has 2 unspecified atom stereocenters. The smallest absolute Gasteiger partial charge is 0.0406 e. The van der Waals surface area contributed by atoms with Crippen LogP contribution in [0.5, 0.6) is 0 Å². The summed E-state index contributed by atoms with van der Waals surface area (Å²) in [4.78, 5) is 4.05. The normalized spacial score (nSPS) is 14.2. The van der Waals surface area contributed by atoms with E-state index in [0.29, 0.717) is 5.92 Å². The van der Waals surface area contributed by atoms with E-state index in [1.807, 2.05) is 43.6 Å². The second-order valence-corrected chi connectivity index (χ2v) is 5.01. The van der Waals surface area contributed by atoms with Crippen molar-refractivity contribution in [3.63, 3.8) is 0 Å². The summed E-state index contributed by atoms with van der Waals surface area (Å²) in [6, 6.07) is 12.1. The maximum absolute atomic E-state index is 6.10. The molecule has 1 aromatic carbocycles. The highest BCUT2D eigenvalue weighted by Crippen LogP contribution is 2.23. The Kier molecular flexibility index (Phi) is 4.34. The van der Waals surface area contributed by atoms with Gasteiger partial charge in [0.1, 0.15) is 0 Å². The van der Waals surface area contributed by atoms with E-state index in [2.05, 4.69) is 17.1 Å². The minimum Gasteiger partial charge on any atom is -0.327 e. The van der Waals surface area contributed by atoms with E-state index in [1.165, 1.54) is 11.1 Å². The third kappa shape index (κ3) is 3.31. The predicted octanol–water partition coefficient (Wildman–Crippen LogP) is 3.41. The molecule has 0 aliphatic rings. The van der Waals surface area contributed by atoms with Crippen LogP contribution in [-0.4, -0.2) is 11.0 Å². The quantitative estimate of drug-likeness (QED) is 0.915. The highest BCUT2D eigenvalue weighted by atomic mass is 35.5. The molecule has 0 radical (unpaired) electrons. The van der Waals surface area contributed by atoms with Gasteiger partial charge in [0.15, 0.2) is 0 Å². The average Bonchev–Trinajstić information content (AvgIpc) is 2.38. The maximum Gasteiger partial charge on any atom is 0.0406 e. The number of nitrogens with zero attached hydrogens (tertiary/aromatic N) is 1. The van der Waals surface area contributed by atoms with Crippen LogP contribution in [0, 0.1) is 0 Å². The summed E-state index contributed by atoms with van der Waals surface area (Å²) in [5.41, 5.74) is 8.58. The Balaban J connectivity index is 2.19. The van der Waals surface area contributed by atoms with Gasteiger partial charge < -0.3 is 5.73 Å². The number of hydrogen-bond acceptors (Lipinski definition) is 2. The number of benzene rings is 1. The number of nitrogens with two attached hydrogens (primary N) is 1. The monoisotopic (exact) mass is 260 g/mol. The average molecular weight is 261 g/mol. The highest BCUT2D eigenvalue weighted by Gasteiger charge is 2.16. The van der Waals surface area contributed by atoms with Gasteiger partial charge in [-0.1, -0.05) is 23.7 Å². The summed E-state index contributed by atoms with van der Waals surface area (Å²) in [6.45, 7) is 2.04. The van der Waals surface area contributed by atoms with Crippen molar-refractivity contribution < 1.29 is 0 Å². The molecule has 0 fully saturated rings. The van der Waals surface area contributed by atoms with Gasteiger partial charge in [-0.3, -0.25) is 4.98 Å². The van der Waals surface area contributed by atoms with E-state index in [0.717, 1.165) is 11.4 Å². The summed E-state index contributed by atoms with van der Waals surface area (Å²) in [6.07, 6.45) is 4.54. The first-order chi connectivity index (χ1) is 8.66. The van der Waals surface area contributed by atoms with E-state index in [-0.39, 0.29) is 6.04 Å². The summed E-state index contributed by atoms with van der Waals surface area (Å²) in [5.74, 6) is 0.300. The lowest BCUT2D eigenvalue weighted by molar-refractivity contribution is 0.564. The van der Waals surface area contributed by atoms with Crippen LogP contribution in [0.15, 0.2) is 48.8 Å². The molecular formula is C15H17ClN2. The van der Waals surface area contributed by atoms with Crippen LogP contribution in [0.3, 0.4) is 0 Å². The van der Waals surface area contributed by atoms with E-state index >= 15 is 0 Å². The Hall–Kier alpha value is -1.38. The predicted molar refractivity (Wildman–Crippen MR) is 75.8 cm³/mol. The highest BCUT2D eigenvalue weighted by molar-refractivity contribution is 6.30. The maximum atomic E-state index is 6.10. The fraction of sp³-hybridized carbons (Fsp3) is 0.267. The SMILES string of the molecule is CC(N)C(Cc1ccc(Cl)cc1)c1ccncc1. The van der Waals surface area contributed by atoms with Crippen LogP contribution >= 0.6 is 11.6 Å². The molecule has 0 aliphatic heterocycles. The molecule has 2 aromatic rings. The Morgan fingerprint density at radius 3 is 2.28 bits per heavy atom. The van der Waals surface area contributed by atoms with Crippen LogP contribution < -0.4 is 5.73 Å². The van der Waals surface area contributed by atoms with Crippen LogP contribution in [0.1, 0.15) is 24.0 Å². The molecule has 0 bridgehead atoms. The summed E-state index contributed by atoms with van der Waals surface area (Å²) < 4.78 is 0.